The Balaban J connectivity index is 3.32. The molecule has 0 rings (SSSR count). The largest absolute Gasteiger partial charge is 0.465 e. The van der Waals surface area contributed by atoms with Gasteiger partial charge in [-0.15, -0.1) is 23.2 Å². The molecular formula is C13H24Cl2O2. The first-order valence-corrected chi connectivity index (χ1v) is 7.56. The van der Waals surface area contributed by atoms with Crippen LogP contribution in [0.2, 0.25) is 0 Å². The number of alkyl halides is 2. The fourth-order valence-corrected chi connectivity index (χ4v) is 1.89. The van der Waals surface area contributed by atoms with E-state index in [2.05, 4.69) is 6.92 Å². The van der Waals surface area contributed by atoms with Gasteiger partial charge in [-0.05, 0) is 19.3 Å². The van der Waals surface area contributed by atoms with Gasteiger partial charge in [-0.2, -0.15) is 0 Å². The summed E-state index contributed by atoms with van der Waals surface area (Å²) in [6.45, 7) is 2.69. The molecule has 0 fully saturated rings. The zero-order chi connectivity index (χ0) is 12.9. The molecule has 0 radical (unpaired) electrons. The normalized spacial score (nSPS) is 12.4. The third-order valence-electron chi connectivity index (χ3n) is 2.59. The van der Waals surface area contributed by atoms with Crippen molar-refractivity contribution < 1.29 is 9.53 Å². The lowest BCUT2D eigenvalue weighted by Gasteiger charge is -2.08. The van der Waals surface area contributed by atoms with Gasteiger partial charge in [-0.1, -0.05) is 39.0 Å². The lowest BCUT2D eigenvalue weighted by Crippen LogP contribution is -2.18. The average molecular weight is 283 g/mol. The Morgan fingerprint density at radius 2 is 1.76 bits per heavy atom. The van der Waals surface area contributed by atoms with E-state index in [9.17, 15) is 4.79 Å². The summed E-state index contributed by atoms with van der Waals surface area (Å²) in [5.41, 5.74) is 0. The van der Waals surface area contributed by atoms with Gasteiger partial charge in [-0.3, -0.25) is 4.79 Å². The summed E-state index contributed by atoms with van der Waals surface area (Å²) in [4.78, 5) is 11.4. The Bertz CT molecular complexity index is 186. The van der Waals surface area contributed by atoms with Crippen molar-refractivity contribution in [3.8, 4) is 0 Å². The maximum Gasteiger partial charge on any atom is 0.324 e. The Morgan fingerprint density at radius 1 is 1.12 bits per heavy atom. The van der Waals surface area contributed by atoms with E-state index in [-0.39, 0.29) is 5.97 Å². The van der Waals surface area contributed by atoms with Crippen molar-refractivity contribution in [1.82, 2.24) is 0 Å². The molecule has 0 saturated heterocycles. The minimum atomic E-state index is -0.533. The summed E-state index contributed by atoms with van der Waals surface area (Å²) in [7, 11) is 0. The molecule has 0 amide bonds. The molecule has 1 unspecified atom stereocenters. The fraction of sp³-hybridized carbons (Fsp3) is 0.923. The van der Waals surface area contributed by atoms with E-state index in [0.29, 0.717) is 18.9 Å². The van der Waals surface area contributed by atoms with Crippen LogP contribution in [0.1, 0.15) is 58.3 Å². The molecule has 0 aliphatic carbocycles. The molecule has 0 aromatic carbocycles. The summed E-state index contributed by atoms with van der Waals surface area (Å²) < 4.78 is 5.09. The zero-order valence-corrected chi connectivity index (χ0v) is 12.2. The molecule has 2 nitrogen and oxygen atoms in total. The van der Waals surface area contributed by atoms with Crippen LogP contribution in [0.3, 0.4) is 0 Å². The van der Waals surface area contributed by atoms with Crippen molar-refractivity contribution in [2.45, 2.75) is 63.7 Å². The van der Waals surface area contributed by atoms with Crippen LogP contribution in [0.15, 0.2) is 0 Å². The third-order valence-corrected chi connectivity index (χ3v) is 3.25. The van der Waals surface area contributed by atoms with E-state index < -0.39 is 5.38 Å². The molecule has 0 N–H and O–H groups in total. The van der Waals surface area contributed by atoms with Crippen LogP contribution in [0.5, 0.6) is 0 Å². The zero-order valence-electron chi connectivity index (χ0n) is 10.7. The van der Waals surface area contributed by atoms with Crippen LogP contribution in [-0.2, 0) is 9.53 Å². The summed E-state index contributed by atoms with van der Waals surface area (Å²) >= 11 is 11.4. The van der Waals surface area contributed by atoms with E-state index in [4.69, 9.17) is 27.9 Å². The number of hydrogen-bond donors (Lipinski definition) is 0. The minimum absolute atomic E-state index is 0.301. The highest BCUT2D eigenvalue weighted by Gasteiger charge is 2.15. The van der Waals surface area contributed by atoms with Crippen molar-refractivity contribution in [3.63, 3.8) is 0 Å². The second-order valence-corrected chi connectivity index (χ2v) is 5.14. The highest BCUT2D eigenvalue weighted by molar-refractivity contribution is 6.29. The van der Waals surface area contributed by atoms with Crippen LogP contribution < -0.4 is 0 Å². The monoisotopic (exact) mass is 282 g/mol. The third kappa shape index (κ3) is 10.9. The van der Waals surface area contributed by atoms with Gasteiger partial charge in [0.25, 0.3) is 0 Å². The van der Waals surface area contributed by atoms with E-state index in [1.165, 1.54) is 25.7 Å². The Hall–Kier alpha value is 0.0500. The molecule has 17 heavy (non-hydrogen) atoms. The average Bonchev–Trinajstić information content (AvgIpc) is 2.34. The quantitative estimate of drug-likeness (QED) is 0.316. The number of esters is 1. The summed E-state index contributed by atoms with van der Waals surface area (Å²) in [6.07, 6.45) is 8.46. The SMILES string of the molecule is CCCCCCCCOC(=O)C(Cl)CCCCl. The molecule has 0 aromatic heterocycles. The molecule has 0 bridgehead atoms. The highest BCUT2D eigenvalue weighted by Crippen LogP contribution is 2.10. The molecular weight excluding hydrogens is 259 g/mol. The van der Waals surface area contributed by atoms with Crippen molar-refractivity contribution in [1.29, 1.82) is 0 Å². The van der Waals surface area contributed by atoms with Gasteiger partial charge in [0.15, 0.2) is 0 Å². The van der Waals surface area contributed by atoms with Gasteiger partial charge in [0.2, 0.25) is 0 Å². The number of rotatable bonds is 11. The van der Waals surface area contributed by atoms with E-state index in [0.717, 1.165) is 19.3 Å². The molecule has 1 atom stereocenters. The van der Waals surface area contributed by atoms with Crippen LogP contribution in [0.4, 0.5) is 0 Å². The van der Waals surface area contributed by atoms with Crippen LogP contribution in [0, 0.1) is 0 Å². The van der Waals surface area contributed by atoms with Crippen molar-refractivity contribution >= 4 is 29.2 Å². The van der Waals surface area contributed by atoms with Gasteiger partial charge < -0.3 is 4.74 Å². The lowest BCUT2D eigenvalue weighted by molar-refractivity contribution is -0.143. The maximum absolute atomic E-state index is 11.4. The van der Waals surface area contributed by atoms with Crippen LogP contribution >= 0.6 is 23.2 Å². The number of carbonyl (C=O) groups is 1. The first-order valence-electron chi connectivity index (χ1n) is 6.59. The number of halogens is 2. The van der Waals surface area contributed by atoms with Crippen molar-refractivity contribution in [2.24, 2.45) is 0 Å². The minimum Gasteiger partial charge on any atom is -0.465 e. The lowest BCUT2D eigenvalue weighted by atomic mass is 10.1. The molecule has 4 heteroatoms. The van der Waals surface area contributed by atoms with Crippen LogP contribution in [0.25, 0.3) is 0 Å². The molecule has 0 aliphatic heterocycles. The van der Waals surface area contributed by atoms with E-state index >= 15 is 0 Å². The van der Waals surface area contributed by atoms with E-state index in [1.807, 2.05) is 0 Å². The molecule has 0 saturated carbocycles. The topological polar surface area (TPSA) is 26.3 Å². The van der Waals surface area contributed by atoms with Crippen molar-refractivity contribution in [2.75, 3.05) is 12.5 Å². The molecule has 102 valence electrons. The van der Waals surface area contributed by atoms with Crippen molar-refractivity contribution in [3.05, 3.63) is 0 Å². The number of ether oxygens (including phenoxy) is 1. The smallest absolute Gasteiger partial charge is 0.324 e. The first kappa shape index (κ1) is 17.1. The Morgan fingerprint density at radius 3 is 2.41 bits per heavy atom. The summed E-state index contributed by atoms with van der Waals surface area (Å²) in [5, 5.41) is -0.533. The molecule has 0 heterocycles. The molecule has 0 aromatic rings. The second kappa shape index (κ2) is 12.5. The Kier molecular flexibility index (Phi) is 12.5. The van der Waals surface area contributed by atoms with Gasteiger partial charge in [0, 0.05) is 5.88 Å². The van der Waals surface area contributed by atoms with Gasteiger partial charge in [0.1, 0.15) is 5.38 Å². The van der Waals surface area contributed by atoms with Gasteiger partial charge >= 0.3 is 5.97 Å². The Labute approximate surface area is 115 Å². The van der Waals surface area contributed by atoms with Crippen LogP contribution in [-0.4, -0.2) is 23.8 Å². The highest BCUT2D eigenvalue weighted by atomic mass is 35.5. The number of hydrogen-bond acceptors (Lipinski definition) is 2. The van der Waals surface area contributed by atoms with Gasteiger partial charge in [-0.25, -0.2) is 0 Å². The standard InChI is InChI=1S/C13H24Cl2O2/c1-2-3-4-5-6-7-11-17-13(16)12(15)9-8-10-14/h12H,2-11H2,1H3. The fourth-order valence-electron chi connectivity index (χ4n) is 1.52. The summed E-state index contributed by atoms with van der Waals surface area (Å²) in [6, 6.07) is 0. The number of unbranched alkanes of at least 4 members (excludes halogenated alkanes) is 5. The summed E-state index contributed by atoms with van der Waals surface area (Å²) in [5.74, 6) is 0.235. The predicted molar refractivity (Wildman–Crippen MR) is 73.9 cm³/mol. The van der Waals surface area contributed by atoms with Gasteiger partial charge in [0.05, 0.1) is 6.61 Å². The predicted octanol–water partition coefficient (Wildman–Crippen LogP) is 4.52. The molecule has 0 spiro atoms. The first-order chi connectivity index (χ1) is 8.22. The van der Waals surface area contributed by atoms with E-state index in [1.54, 1.807) is 0 Å². The maximum atomic E-state index is 11.4. The molecule has 0 aliphatic rings. The number of carbonyl (C=O) groups excluding carboxylic acids is 1. The second-order valence-electron chi connectivity index (χ2n) is 4.23.